The van der Waals surface area contributed by atoms with Gasteiger partial charge in [-0.1, -0.05) is 18.2 Å². The number of carbonyl (C=O) groups is 1. The van der Waals surface area contributed by atoms with Gasteiger partial charge in [-0.3, -0.25) is 4.57 Å². The number of allylic oxidation sites excluding steroid dienone is 1. The minimum absolute atomic E-state index is 0.221. The van der Waals surface area contributed by atoms with Gasteiger partial charge in [0.05, 0.1) is 29.3 Å². The molecule has 0 spiro atoms. The minimum atomic E-state index is -0.556. The van der Waals surface area contributed by atoms with Crippen molar-refractivity contribution in [2.45, 2.75) is 19.9 Å². The predicted octanol–water partition coefficient (Wildman–Crippen LogP) is 3.30. The number of hydrogen-bond donors (Lipinski definition) is 3. The summed E-state index contributed by atoms with van der Waals surface area (Å²) in [6.07, 6.45) is 0. The van der Waals surface area contributed by atoms with E-state index in [0.29, 0.717) is 22.8 Å². The van der Waals surface area contributed by atoms with Crippen molar-refractivity contribution in [3.8, 4) is 11.5 Å². The van der Waals surface area contributed by atoms with Gasteiger partial charge in [0.25, 0.3) is 0 Å². The van der Waals surface area contributed by atoms with Gasteiger partial charge in [-0.05, 0) is 43.7 Å². The van der Waals surface area contributed by atoms with Gasteiger partial charge in [-0.25, -0.2) is 9.78 Å². The molecule has 0 aliphatic carbocycles. The molecular formula is C20H19N3O4. The Hall–Kier alpha value is -3.48. The quantitative estimate of drug-likeness (QED) is 0.487. The first-order valence-electron chi connectivity index (χ1n) is 8.65. The zero-order valence-electron chi connectivity index (χ0n) is 14.9. The van der Waals surface area contributed by atoms with Crippen LogP contribution in [-0.2, 0) is 9.53 Å². The molecule has 0 saturated carbocycles. The van der Waals surface area contributed by atoms with Crippen molar-refractivity contribution < 1.29 is 19.7 Å². The number of benzene rings is 2. The van der Waals surface area contributed by atoms with Crippen LogP contribution in [0.3, 0.4) is 0 Å². The molecule has 0 bridgehead atoms. The van der Waals surface area contributed by atoms with Crippen LogP contribution in [0, 0.1) is 0 Å². The number of rotatable bonds is 3. The van der Waals surface area contributed by atoms with Crippen molar-refractivity contribution in [3.63, 3.8) is 0 Å². The van der Waals surface area contributed by atoms with Crippen molar-refractivity contribution in [2.75, 3.05) is 11.9 Å². The zero-order valence-corrected chi connectivity index (χ0v) is 14.9. The molecule has 3 aromatic rings. The number of imidazole rings is 1. The van der Waals surface area contributed by atoms with Gasteiger partial charge >= 0.3 is 5.97 Å². The molecule has 7 nitrogen and oxygen atoms in total. The summed E-state index contributed by atoms with van der Waals surface area (Å²) in [4.78, 5) is 17.4. The Labute approximate surface area is 155 Å². The molecule has 7 heteroatoms. The average Bonchev–Trinajstić information content (AvgIpc) is 3.00. The third kappa shape index (κ3) is 2.68. The van der Waals surface area contributed by atoms with Crippen LogP contribution >= 0.6 is 0 Å². The largest absolute Gasteiger partial charge is 0.504 e. The predicted molar refractivity (Wildman–Crippen MR) is 101 cm³/mol. The van der Waals surface area contributed by atoms with E-state index < -0.39 is 12.0 Å². The van der Waals surface area contributed by atoms with E-state index >= 15 is 0 Å². The third-order valence-electron chi connectivity index (χ3n) is 4.64. The Morgan fingerprint density at radius 2 is 2.00 bits per heavy atom. The normalized spacial score (nSPS) is 16.1. The SMILES string of the molecule is CCOC(=O)C1=C(C)Nc2nc3ccccc3n2[C@H]1c1ccc(O)c(O)c1. The lowest BCUT2D eigenvalue weighted by molar-refractivity contribution is -0.139. The van der Waals surface area contributed by atoms with Crippen LogP contribution in [0.15, 0.2) is 53.7 Å². The molecule has 0 fully saturated rings. The van der Waals surface area contributed by atoms with Gasteiger partial charge in [-0.2, -0.15) is 0 Å². The van der Waals surface area contributed by atoms with E-state index in [1.807, 2.05) is 28.8 Å². The number of aromatic hydroxyl groups is 2. The Bertz CT molecular complexity index is 1080. The van der Waals surface area contributed by atoms with Crippen LogP contribution in [0.25, 0.3) is 11.0 Å². The van der Waals surface area contributed by atoms with Gasteiger partial charge in [0, 0.05) is 5.70 Å². The summed E-state index contributed by atoms with van der Waals surface area (Å²) >= 11 is 0. The van der Waals surface area contributed by atoms with Crippen molar-refractivity contribution in [1.29, 1.82) is 0 Å². The molecular weight excluding hydrogens is 346 g/mol. The summed E-state index contributed by atoms with van der Waals surface area (Å²) in [6.45, 7) is 3.80. The van der Waals surface area contributed by atoms with Crippen molar-refractivity contribution >= 4 is 23.0 Å². The fourth-order valence-electron chi connectivity index (χ4n) is 3.46. The summed E-state index contributed by atoms with van der Waals surface area (Å²) in [6, 6.07) is 11.6. The second-order valence-electron chi connectivity index (χ2n) is 6.33. The second-order valence-corrected chi connectivity index (χ2v) is 6.33. The molecule has 0 unspecified atom stereocenters. The molecule has 1 aromatic heterocycles. The Morgan fingerprint density at radius 1 is 1.22 bits per heavy atom. The number of phenolic OH excluding ortho intramolecular Hbond substituents is 2. The number of phenols is 2. The molecule has 0 radical (unpaired) electrons. The molecule has 27 heavy (non-hydrogen) atoms. The highest BCUT2D eigenvalue weighted by Gasteiger charge is 2.35. The van der Waals surface area contributed by atoms with E-state index in [-0.39, 0.29) is 18.1 Å². The Morgan fingerprint density at radius 3 is 2.74 bits per heavy atom. The summed E-state index contributed by atoms with van der Waals surface area (Å²) in [5.41, 5.74) is 3.32. The van der Waals surface area contributed by atoms with Crippen LogP contribution in [0.5, 0.6) is 11.5 Å². The number of nitrogens with one attached hydrogen (secondary N) is 1. The van der Waals surface area contributed by atoms with E-state index in [0.717, 1.165) is 11.0 Å². The maximum Gasteiger partial charge on any atom is 0.338 e. The van der Waals surface area contributed by atoms with Gasteiger partial charge in [0.2, 0.25) is 5.95 Å². The van der Waals surface area contributed by atoms with Crippen LogP contribution in [0.2, 0.25) is 0 Å². The van der Waals surface area contributed by atoms with Gasteiger partial charge < -0.3 is 20.3 Å². The zero-order chi connectivity index (χ0) is 19.1. The van der Waals surface area contributed by atoms with E-state index in [9.17, 15) is 15.0 Å². The topological polar surface area (TPSA) is 96.6 Å². The number of hydrogen-bond acceptors (Lipinski definition) is 6. The lowest BCUT2D eigenvalue weighted by atomic mass is 9.94. The van der Waals surface area contributed by atoms with Crippen LogP contribution in [0.1, 0.15) is 25.5 Å². The maximum absolute atomic E-state index is 12.7. The Kier molecular flexibility index (Phi) is 3.99. The molecule has 2 heterocycles. The fourth-order valence-corrected chi connectivity index (χ4v) is 3.46. The first-order chi connectivity index (χ1) is 13.0. The molecule has 0 amide bonds. The number of carbonyl (C=O) groups excluding carboxylic acids is 1. The van der Waals surface area contributed by atoms with Crippen LogP contribution < -0.4 is 5.32 Å². The highest BCUT2D eigenvalue weighted by atomic mass is 16.5. The van der Waals surface area contributed by atoms with E-state index in [1.54, 1.807) is 19.9 Å². The van der Waals surface area contributed by atoms with Crippen molar-refractivity contribution in [2.24, 2.45) is 0 Å². The van der Waals surface area contributed by atoms with Crippen LogP contribution in [-0.4, -0.2) is 32.3 Å². The number of fused-ring (bicyclic) bond motifs is 3. The molecule has 1 aliphatic rings. The van der Waals surface area contributed by atoms with Gasteiger partial charge in [-0.15, -0.1) is 0 Å². The number of ether oxygens (including phenoxy) is 1. The van der Waals surface area contributed by atoms with E-state index in [4.69, 9.17) is 4.74 Å². The fraction of sp³-hybridized carbons (Fsp3) is 0.200. The third-order valence-corrected chi connectivity index (χ3v) is 4.64. The standard InChI is InChI=1S/C20H19N3O4/c1-3-27-19(26)17-11(2)21-20-22-13-6-4-5-7-14(13)23(20)18(17)12-8-9-15(24)16(25)10-12/h4-10,18,24-25H,3H2,1-2H3,(H,21,22)/t18-/m0/s1. The molecule has 4 rings (SSSR count). The molecule has 2 aromatic carbocycles. The van der Waals surface area contributed by atoms with Crippen molar-refractivity contribution in [1.82, 2.24) is 9.55 Å². The van der Waals surface area contributed by atoms with Crippen molar-refractivity contribution in [3.05, 3.63) is 59.3 Å². The summed E-state index contributed by atoms with van der Waals surface area (Å²) in [5.74, 6) is -0.317. The maximum atomic E-state index is 12.7. The number of esters is 1. The highest BCUT2D eigenvalue weighted by molar-refractivity contribution is 5.94. The van der Waals surface area contributed by atoms with Crippen LogP contribution in [0.4, 0.5) is 5.95 Å². The van der Waals surface area contributed by atoms with E-state index in [2.05, 4.69) is 10.3 Å². The minimum Gasteiger partial charge on any atom is -0.504 e. The monoisotopic (exact) mass is 365 g/mol. The molecule has 1 aliphatic heterocycles. The lowest BCUT2D eigenvalue weighted by Crippen LogP contribution is -2.29. The number of nitrogens with zero attached hydrogens (tertiary/aromatic N) is 2. The lowest BCUT2D eigenvalue weighted by Gasteiger charge is -2.30. The molecule has 1 atom stereocenters. The summed E-state index contributed by atoms with van der Waals surface area (Å²) in [5, 5.41) is 22.9. The molecule has 138 valence electrons. The average molecular weight is 365 g/mol. The first kappa shape index (κ1) is 17.0. The summed E-state index contributed by atoms with van der Waals surface area (Å²) < 4.78 is 7.18. The Balaban J connectivity index is 1.99. The van der Waals surface area contributed by atoms with E-state index in [1.165, 1.54) is 12.1 Å². The molecule has 0 saturated heterocycles. The second kappa shape index (κ2) is 6.35. The number of anilines is 1. The highest BCUT2D eigenvalue weighted by Crippen LogP contribution is 2.41. The number of para-hydroxylation sites is 2. The smallest absolute Gasteiger partial charge is 0.338 e. The van der Waals surface area contributed by atoms with Gasteiger partial charge in [0.1, 0.15) is 0 Å². The van der Waals surface area contributed by atoms with Gasteiger partial charge in [0.15, 0.2) is 11.5 Å². The number of aromatic nitrogens is 2. The first-order valence-corrected chi connectivity index (χ1v) is 8.65. The molecule has 3 N–H and O–H groups in total. The summed E-state index contributed by atoms with van der Waals surface area (Å²) in [7, 11) is 0.